The maximum absolute atomic E-state index is 12.0. The number of rotatable bonds is 7. The maximum atomic E-state index is 12.0. The fourth-order valence-corrected chi connectivity index (χ4v) is 4.39. The molecule has 0 spiro atoms. The lowest BCUT2D eigenvalue weighted by atomic mass is 9.67. The van der Waals surface area contributed by atoms with E-state index in [1.807, 2.05) is 0 Å². The number of aliphatic hydroxyl groups excluding tert-OH is 1. The van der Waals surface area contributed by atoms with Crippen LogP contribution in [-0.4, -0.2) is 23.7 Å². The number of amides is 1. The van der Waals surface area contributed by atoms with Crippen molar-refractivity contribution in [3.8, 4) is 0 Å². The lowest BCUT2D eigenvalue weighted by Crippen LogP contribution is -2.43. The first-order valence-corrected chi connectivity index (χ1v) is 11.7. The van der Waals surface area contributed by atoms with Gasteiger partial charge in [-0.05, 0) is 56.9 Å². The summed E-state index contributed by atoms with van der Waals surface area (Å²) in [6.07, 6.45) is 23.5. The fourth-order valence-electron chi connectivity index (χ4n) is 4.39. The zero-order valence-corrected chi connectivity index (χ0v) is 18.8. The smallest absolute Gasteiger partial charge is 0.220 e. The molecule has 0 bridgehead atoms. The van der Waals surface area contributed by atoms with E-state index in [-0.39, 0.29) is 5.91 Å². The number of carbonyl (C=O) groups is 1. The van der Waals surface area contributed by atoms with Gasteiger partial charge in [-0.3, -0.25) is 4.79 Å². The minimum absolute atomic E-state index is 0.0547. The summed E-state index contributed by atoms with van der Waals surface area (Å²) in [4.78, 5) is 12.0. The number of carbonyl (C=O) groups excluding carboxylic acids is 1. The molecular formula is C26H41NO2. The van der Waals surface area contributed by atoms with Gasteiger partial charge in [-0.25, -0.2) is 0 Å². The Balaban J connectivity index is 2.16. The van der Waals surface area contributed by atoms with E-state index in [1.54, 1.807) is 0 Å². The molecule has 0 radical (unpaired) electrons. The highest BCUT2D eigenvalue weighted by atomic mass is 16.3. The van der Waals surface area contributed by atoms with Crippen LogP contribution in [0.1, 0.15) is 85.0 Å². The standard InChI is InChI=1S/C26H41NO2/c1-4-5-6-7-8-9-10-12-15-22-21(2)18-19-26(3)23(22)16-13-11-14-17-25(29)27-20-24(26)28/h8-9,12,15,18-19,21,24,28H,4-7,10-11,13-14,16-17,20H2,1-3H3,(H,27,29)/b9-8-,15-12-. The predicted octanol–water partition coefficient (Wildman–Crippen LogP) is 6.02. The molecule has 0 saturated carbocycles. The average molecular weight is 400 g/mol. The van der Waals surface area contributed by atoms with E-state index in [0.717, 1.165) is 32.1 Å². The number of nitrogens with one attached hydrogen (secondary N) is 1. The second-order valence-electron chi connectivity index (χ2n) is 8.85. The van der Waals surface area contributed by atoms with Crippen molar-refractivity contribution in [2.75, 3.05) is 6.54 Å². The van der Waals surface area contributed by atoms with E-state index in [2.05, 4.69) is 62.5 Å². The molecule has 1 heterocycles. The number of allylic oxidation sites excluding steroid dienone is 6. The second kappa shape index (κ2) is 12.2. The number of hydrogen-bond donors (Lipinski definition) is 2. The van der Waals surface area contributed by atoms with Crippen LogP contribution in [-0.2, 0) is 4.79 Å². The summed E-state index contributed by atoms with van der Waals surface area (Å²) in [6.45, 7) is 6.92. The molecule has 162 valence electrons. The van der Waals surface area contributed by atoms with Crippen molar-refractivity contribution >= 4 is 5.91 Å². The Morgan fingerprint density at radius 2 is 1.97 bits per heavy atom. The van der Waals surface area contributed by atoms with Crippen molar-refractivity contribution in [1.82, 2.24) is 5.32 Å². The lowest BCUT2D eigenvalue weighted by Gasteiger charge is -2.40. The van der Waals surface area contributed by atoms with Gasteiger partial charge in [-0.2, -0.15) is 0 Å². The SMILES string of the molecule is CCCCC/C=C\C/C=C\C1=C2CCCCCC(=O)NCC(O)C2(C)C=CC1C. The molecule has 1 fully saturated rings. The summed E-state index contributed by atoms with van der Waals surface area (Å²) in [5.74, 6) is 0.411. The maximum Gasteiger partial charge on any atom is 0.220 e. The quantitative estimate of drug-likeness (QED) is 0.406. The molecule has 2 N–H and O–H groups in total. The topological polar surface area (TPSA) is 49.3 Å². The van der Waals surface area contributed by atoms with Gasteiger partial charge in [0.25, 0.3) is 0 Å². The number of unbranched alkanes of at least 4 members (excludes halogenated alkanes) is 3. The summed E-state index contributed by atoms with van der Waals surface area (Å²) in [5.41, 5.74) is 2.28. The summed E-state index contributed by atoms with van der Waals surface area (Å²) >= 11 is 0. The molecule has 0 aromatic carbocycles. The van der Waals surface area contributed by atoms with Crippen LogP contribution in [0.15, 0.2) is 47.6 Å². The van der Waals surface area contributed by atoms with E-state index in [0.29, 0.717) is 18.9 Å². The Bertz CT molecular complexity index is 643. The molecule has 2 rings (SSSR count). The van der Waals surface area contributed by atoms with Gasteiger partial charge >= 0.3 is 0 Å². The molecule has 1 aliphatic carbocycles. The van der Waals surface area contributed by atoms with Crippen LogP contribution >= 0.6 is 0 Å². The molecule has 3 heteroatoms. The molecule has 1 saturated heterocycles. The molecule has 1 aliphatic heterocycles. The summed E-state index contributed by atoms with van der Waals surface area (Å²) in [6, 6.07) is 0. The molecule has 3 nitrogen and oxygen atoms in total. The number of hydrogen-bond acceptors (Lipinski definition) is 2. The minimum atomic E-state index is -0.606. The molecule has 0 aromatic heterocycles. The predicted molar refractivity (Wildman–Crippen MR) is 123 cm³/mol. The Morgan fingerprint density at radius 1 is 1.17 bits per heavy atom. The number of fused-ring (bicyclic) bond motifs is 1. The van der Waals surface area contributed by atoms with Crippen LogP contribution in [0.25, 0.3) is 0 Å². The van der Waals surface area contributed by atoms with Crippen LogP contribution in [0, 0.1) is 11.3 Å². The van der Waals surface area contributed by atoms with Gasteiger partial charge in [0.05, 0.1) is 6.10 Å². The van der Waals surface area contributed by atoms with Crippen LogP contribution in [0.3, 0.4) is 0 Å². The number of β-amino-alcohol motifs (C(OH)–C–C–N with tert-alkyl or cyclic N) is 1. The van der Waals surface area contributed by atoms with Crippen molar-refractivity contribution in [3.63, 3.8) is 0 Å². The third-order valence-corrected chi connectivity index (χ3v) is 6.45. The van der Waals surface area contributed by atoms with E-state index in [4.69, 9.17) is 0 Å². The average Bonchev–Trinajstić information content (AvgIpc) is 2.73. The third-order valence-electron chi connectivity index (χ3n) is 6.45. The monoisotopic (exact) mass is 399 g/mol. The molecule has 3 unspecified atom stereocenters. The third kappa shape index (κ3) is 6.99. The highest BCUT2D eigenvalue weighted by Crippen LogP contribution is 2.44. The zero-order chi connectivity index (χ0) is 21.1. The van der Waals surface area contributed by atoms with Crippen molar-refractivity contribution in [3.05, 3.63) is 47.6 Å². The van der Waals surface area contributed by atoms with Crippen molar-refractivity contribution in [1.29, 1.82) is 0 Å². The highest BCUT2D eigenvalue weighted by molar-refractivity contribution is 5.75. The van der Waals surface area contributed by atoms with Crippen molar-refractivity contribution in [2.24, 2.45) is 11.3 Å². The second-order valence-corrected chi connectivity index (χ2v) is 8.85. The van der Waals surface area contributed by atoms with Gasteiger partial charge in [-0.15, -0.1) is 0 Å². The Labute approximate surface area is 178 Å². The molecular weight excluding hydrogens is 358 g/mol. The van der Waals surface area contributed by atoms with Gasteiger partial charge in [0.2, 0.25) is 5.91 Å². The lowest BCUT2D eigenvalue weighted by molar-refractivity contribution is -0.121. The number of aliphatic hydroxyl groups is 1. The first-order valence-electron chi connectivity index (χ1n) is 11.7. The van der Waals surface area contributed by atoms with Crippen molar-refractivity contribution < 1.29 is 9.90 Å². The minimum Gasteiger partial charge on any atom is -0.390 e. The molecule has 3 atom stereocenters. The van der Waals surface area contributed by atoms with Gasteiger partial charge in [0, 0.05) is 18.4 Å². The van der Waals surface area contributed by atoms with E-state index >= 15 is 0 Å². The summed E-state index contributed by atoms with van der Waals surface area (Å²) in [5, 5.41) is 13.9. The van der Waals surface area contributed by atoms with Crippen LogP contribution in [0.2, 0.25) is 0 Å². The molecule has 0 aromatic rings. The van der Waals surface area contributed by atoms with Crippen molar-refractivity contribution in [2.45, 2.75) is 91.1 Å². The Kier molecular flexibility index (Phi) is 9.93. The van der Waals surface area contributed by atoms with Gasteiger partial charge in [-0.1, -0.05) is 75.1 Å². The fraction of sp³-hybridized carbons (Fsp3) is 0.654. The van der Waals surface area contributed by atoms with E-state index in [1.165, 1.54) is 36.8 Å². The molecule has 1 amide bonds. The summed E-state index contributed by atoms with van der Waals surface area (Å²) < 4.78 is 0. The summed E-state index contributed by atoms with van der Waals surface area (Å²) in [7, 11) is 0. The first-order chi connectivity index (χ1) is 14.0. The molecule has 2 aliphatic rings. The van der Waals surface area contributed by atoms with Crippen LogP contribution in [0.4, 0.5) is 0 Å². The highest BCUT2D eigenvalue weighted by Gasteiger charge is 2.38. The Morgan fingerprint density at radius 3 is 2.76 bits per heavy atom. The van der Waals surface area contributed by atoms with Gasteiger partial charge in [0.15, 0.2) is 0 Å². The zero-order valence-electron chi connectivity index (χ0n) is 18.8. The van der Waals surface area contributed by atoms with E-state index < -0.39 is 11.5 Å². The van der Waals surface area contributed by atoms with E-state index in [9.17, 15) is 9.90 Å². The largest absolute Gasteiger partial charge is 0.390 e. The Hall–Kier alpha value is -1.61. The first kappa shape index (κ1) is 23.7. The van der Waals surface area contributed by atoms with Gasteiger partial charge < -0.3 is 10.4 Å². The van der Waals surface area contributed by atoms with Crippen LogP contribution in [0.5, 0.6) is 0 Å². The normalized spacial score (nSPS) is 29.2. The van der Waals surface area contributed by atoms with Gasteiger partial charge in [0.1, 0.15) is 0 Å². The van der Waals surface area contributed by atoms with Crippen LogP contribution < -0.4 is 5.32 Å². The molecule has 29 heavy (non-hydrogen) atoms.